The normalized spacial score (nSPS) is 10.9. The SMILES string of the molecule is COC(=O)CCN(C)S(=O)(=O)Nc1ccc(C#N)cc1. The molecule has 0 amide bonds. The lowest BCUT2D eigenvalue weighted by molar-refractivity contribution is -0.140. The Kier molecular flexibility index (Phi) is 5.49. The van der Waals surface area contributed by atoms with Gasteiger partial charge in [-0.25, -0.2) is 0 Å². The van der Waals surface area contributed by atoms with Crippen LogP contribution in [0.1, 0.15) is 12.0 Å². The van der Waals surface area contributed by atoms with E-state index in [1.54, 1.807) is 0 Å². The monoisotopic (exact) mass is 297 g/mol. The average molecular weight is 297 g/mol. The molecule has 7 nitrogen and oxygen atoms in total. The first kappa shape index (κ1) is 15.9. The molecule has 1 rings (SSSR count). The van der Waals surface area contributed by atoms with Crippen LogP contribution in [-0.2, 0) is 19.7 Å². The molecule has 1 aromatic rings. The number of nitrogens with one attached hydrogen (secondary N) is 1. The first-order valence-corrected chi connectivity index (χ1v) is 7.14. The standard InChI is InChI=1S/C12H15N3O4S/c1-15(8-7-12(16)19-2)20(17,18)14-11-5-3-10(9-13)4-6-11/h3-6,14H,7-8H2,1-2H3. The minimum Gasteiger partial charge on any atom is -0.469 e. The zero-order valence-electron chi connectivity index (χ0n) is 11.2. The van der Waals surface area contributed by atoms with Crippen molar-refractivity contribution in [3.63, 3.8) is 0 Å². The van der Waals surface area contributed by atoms with Gasteiger partial charge in [-0.3, -0.25) is 9.52 Å². The number of nitriles is 1. The van der Waals surface area contributed by atoms with Gasteiger partial charge in [-0.2, -0.15) is 18.0 Å². The minimum atomic E-state index is -3.74. The van der Waals surface area contributed by atoms with Gasteiger partial charge >= 0.3 is 16.2 Å². The highest BCUT2D eigenvalue weighted by Crippen LogP contribution is 2.12. The number of rotatable bonds is 6. The van der Waals surface area contributed by atoms with Crippen molar-refractivity contribution in [1.82, 2.24) is 4.31 Å². The molecule has 0 heterocycles. The number of carbonyl (C=O) groups is 1. The van der Waals surface area contributed by atoms with Crippen LogP contribution in [0, 0.1) is 11.3 Å². The van der Waals surface area contributed by atoms with Gasteiger partial charge in [0.1, 0.15) is 0 Å². The number of carbonyl (C=O) groups excluding carboxylic acids is 1. The topological polar surface area (TPSA) is 99.5 Å². The van der Waals surface area contributed by atoms with E-state index in [0.717, 1.165) is 4.31 Å². The maximum absolute atomic E-state index is 12.0. The van der Waals surface area contributed by atoms with Gasteiger partial charge in [0.05, 0.1) is 25.2 Å². The number of hydrogen-bond donors (Lipinski definition) is 1. The summed E-state index contributed by atoms with van der Waals surface area (Å²) < 4.78 is 31.7. The molecular formula is C12H15N3O4S. The summed E-state index contributed by atoms with van der Waals surface area (Å²) in [6.45, 7) is 0.0122. The minimum absolute atomic E-state index is 0.0122. The lowest BCUT2D eigenvalue weighted by Gasteiger charge is -2.17. The Bertz CT molecular complexity index is 605. The van der Waals surface area contributed by atoms with Crippen LogP contribution >= 0.6 is 0 Å². The quantitative estimate of drug-likeness (QED) is 0.779. The van der Waals surface area contributed by atoms with Crippen molar-refractivity contribution in [2.75, 3.05) is 25.4 Å². The Labute approximate surface area is 117 Å². The van der Waals surface area contributed by atoms with Gasteiger partial charge in [0.15, 0.2) is 0 Å². The average Bonchev–Trinajstić information content (AvgIpc) is 2.44. The molecule has 20 heavy (non-hydrogen) atoms. The molecule has 108 valence electrons. The van der Waals surface area contributed by atoms with Crippen molar-refractivity contribution in [1.29, 1.82) is 5.26 Å². The van der Waals surface area contributed by atoms with Gasteiger partial charge in [-0.1, -0.05) is 0 Å². The largest absolute Gasteiger partial charge is 0.469 e. The van der Waals surface area contributed by atoms with Gasteiger partial charge in [0, 0.05) is 19.3 Å². The smallest absolute Gasteiger partial charge is 0.306 e. The Hall–Kier alpha value is -2.11. The number of esters is 1. The number of anilines is 1. The molecule has 0 spiro atoms. The molecule has 0 aliphatic heterocycles. The third-order valence-electron chi connectivity index (χ3n) is 2.53. The summed E-state index contributed by atoms with van der Waals surface area (Å²) in [7, 11) is -1.15. The van der Waals surface area contributed by atoms with Gasteiger partial charge in [-0.05, 0) is 24.3 Å². The zero-order valence-corrected chi connectivity index (χ0v) is 12.0. The van der Waals surface area contributed by atoms with Crippen molar-refractivity contribution in [3.8, 4) is 6.07 Å². The molecule has 1 aromatic carbocycles. The molecule has 0 atom stereocenters. The van der Waals surface area contributed by atoms with Crippen LogP contribution in [-0.4, -0.2) is 39.4 Å². The Morgan fingerprint density at radius 3 is 2.50 bits per heavy atom. The number of nitrogens with zero attached hydrogens (tertiary/aromatic N) is 2. The van der Waals surface area contributed by atoms with Crippen molar-refractivity contribution in [3.05, 3.63) is 29.8 Å². The van der Waals surface area contributed by atoms with Crippen molar-refractivity contribution in [2.24, 2.45) is 0 Å². The molecule has 0 aliphatic rings. The lowest BCUT2D eigenvalue weighted by Crippen LogP contribution is -2.34. The highest BCUT2D eigenvalue weighted by atomic mass is 32.2. The fraction of sp³-hybridized carbons (Fsp3) is 0.333. The predicted octanol–water partition coefficient (Wildman–Crippen LogP) is 0.710. The van der Waals surface area contributed by atoms with E-state index in [2.05, 4.69) is 9.46 Å². The molecule has 0 unspecified atom stereocenters. The summed E-state index contributed by atoms with van der Waals surface area (Å²) >= 11 is 0. The third kappa shape index (κ3) is 4.53. The second kappa shape index (κ2) is 6.88. The molecular weight excluding hydrogens is 282 g/mol. The highest BCUT2D eigenvalue weighted by molar-refractivity contribution is 7.90. The van der Waals surface area contributed by atoms with Crippen LogP contribution in [0.2, 0.25) is 0 Å². The molecule has 0 fully saturated rings. The summed E-state index contributed by atoms with van der Waals surface area (Å²) in [4.78, 5) is 11.0. The van der Waals surface area contributed by atoms with Crippen LogP contribution in [0.15, 0.2) is 24.3 Å². The van der Waals surface area contributed by atoms with Crippen LogP contribution in [0.4, 0.5) is 5.69 Å². The predicted molar refractivity (Wildman–Crippen MR) is 73.0 cm³/mol. The van der Waals surface area contributed by atoms with Gasteiger partial charge in [-0.15, -0.1) is 0 Å². The van der Waals surface area contributed by atoms with Crippen molar-refractivity contribution < 1.29 is 17.9 Å². The van der Waals surface area contributed by atoms with E-state index >= 15 is 0 Å². The summed E-state index contributed by atoms with van der Waals surface area (Å²) in [5.41, 5.74) is 0.779. The number of methoxy groups -OCH3 is 1. The highest BCUT2D eigenvalue weighted by Gasteiger charge is 2.18. The lowest BCUT2D eigenvalue weighted by atomic mass is 10.2. The van der Waals surface area contributed by atoms with Crippen LogP contribution in [0.5, 0.6) is 0 Å². The van der Waals surface area contributed by atoms with E-state index in [9.17, 15) is 13.2 Å². The molecule has 1 N–H and O–H groups in total. The number of hydrogen-bond acceptors (Lipinski definition) is 5. The fourth-order valence-electron chi connectivity index (χ4n) is 1.31. The summed E-state index contributed by atoms with van der Waals surface area (Å²) in [6.07, 6.45) is -0.0265. The van der Waals surface area contributed by atoms with Gasteiger partial charge < -0.3 is 4.74 Å². The van der Waals surface area contributed by atoms with Crippen LogP contribution < -0.4 is 4.72 Å². The second-order valence-corrected chi connectivity index (χ2v) is 5.72. The molecule has 0 saturated carbocycles. The van der Waals surface area contributed by atoms with E-state index in [0.29, 0.717) is 11.3 Å². The molecule has 0 aliphatic carbocycles. The van der Waals surface area contributed by atoms with E-state index < -0.39 is 16.2 Å². The summed E-state index contributed by atoms with van der Waals surface area (Å²) in [6, 6.07) is 7.93. The van der Waals surface area contributed by atoms with Gasteiger partial charge in [0.2, 0.25) is 0 Å². The first-order chi connectivity index (χ1) is 9.39. The second-order valence-electron chi connectivity index (χ2n) is 3.94. The van der Waals surface area contributed by atoms with Crippen molar-refractivity contribution >= 4 is 21.9 Å². The molecule has 0 radical (unpaired) electrons. The summed E-state index contributed by atoms with van der Waals surface area (Å²) in [5, 5.41) is 8.65. The molecule has 8 heteroatoms. The summed E-state index contributed by atoms with van der Waals surface area (Å²) in [5.74, 6) is -0.481. The maximum Gasteiger partial charge on any atom is 0.306 e. The maximum atomic E-state index is 12.0. The van der Waals surface area contributed by atoms with Gasteiger partial charge in [0.25, 0.3) is 0 Å². The third-order valence-corrected chi connectivity index (χ3v) is 4.03. The Morgan fingerprint density at radius 2 is 2.00 bits per heavy atom. The number of ether oxygens (including phenoxy) is 1. The number of benzene rings is 1. The van der Waals surface area contributed by atoms with E-state index in [-0.39, 0.29) is 13.0 Å². The van der Waals surface area contributed by atoms with Crippen LogP contribution in [0.25, 0.3) is 0 Å². The molecule has 0 saturated heterocycles. The Balaban J connectivity index is 2.68. The molecule has 0 bridgehead atoms. The van der Waals surface area contributed by atoms with Crippen molar-refractivity contribution in [2.45, 2.75) is 6.42 Å². The zero-order chi connectivity index (χ0) is 15.2. The fourth-order valence-corrected chi connectivity index (χ4v) is 2.23. The Morgan fingerprint density at radius 1 is 1.40 bits per heavy atom. The van der Waals surface area contributed by atoms with Crippen LogP contribution in [0.3, 0.4) is 0 Å². The van der Waals surface area contributed by atoms with E-state index in [1.807, 2.05) is 6.07 Å². The molecule has 0 aromatic heterocycles. The van der Waals surface area contributed by atoms with E-state index in [1.165, 1.54) is 38.4 Å². The van der Waals surface area contributed by atoms with E-state index in [4.69, 9.17) is 5.26 Å². The first-order valence-electron chi connectivity index (χ1n) is 5.70.